The van der Waals surface area contributed by atoms with Crippen molar-refractivity contribution in [3.8, 4) is 11.5 Å². The number of hydrogen-bond donors (Lipinski definition) is 0. The molecule has 1 aliphatic rings. The van der Waals surface area contributed by atoms with E-state index in [4.69, 9.17) is 14.2 Å². The van der Waals surface area contributed by atoms with Gasteiger partial charge in [0, 0.05) is 18.0 Å². The molecule has 0 saturated carbocycles. The van der Waals surface area contributed by atoms with E-state index in [-0.39, 0.29) is 0 Å². The molecule has 0 amide bonds. The monoisotopic (exact) mass is 342 g/mol. The summed E-state index contributed by atoms with van der Waals surface area (Å²) in [4.78, 5) is 0.348. The highest BCUT2D eigenvalue weighted by Crippen LogP contribution is 2.40. The second-order valence-corrected chi connectivity index (χ2v) is 5.91. The molecule has 3 nitrogen and oxygen atoms in total. The van der Waals surface area contributed by atoms with E-state index in [0.29, 0.717) is 24.0 Å². The Morgan fingerprint density at radius 3 is 2.45 bits per heavy atom. The molecule has 112 valence electrons. The maximum atomic E-state index is 5.70. The smallest absolute Gasteiger partial charge is 0.161 e. The van der Waals surface area contributed by atoms with Gasteiger partial charge < -0.3 is 14.2 Å². The maximum absolute atomic E-state index is 5.70. The third-order valence-corrected chi connectivity index (χ3v) is 4.84. The van der Waals surface area contributed by atoms with Crippen molar-refractivity contribution in [2.45, 2.75) is 31.5 Å². The Labute approximate surface area is 129 Å². The molecule has 1 fully saturated rings. The molecule has 1 aromatic carbocycles. The van der Waals surface area contributed by atoms with E-state index in [1.807, 2.05) is 19.9 Å². The molecule has 0 N–H and O–H groups in total. The molecule has 0 radical (unpaired) electrons. The zero-order chi connectivity index (χ0) is 14.4. The zero-order valence-corrected chi connectivity index (χ0v) is 13.8. The van der Waals surface area contributed by atoms with E-state index in [2.05, 4.69) is 28.1 Å². The van der Waals surface area contributed by atoms with Crippen LogP contribution in [-0.4, -0.2) is 26.4 Å². The van der Waals surface area contributed by atoms with Crippen LogP contribution in [-0.2, 0) is 4.74 Å². The normalized spacial score (nSPS) is 17.8. The number of alkyl halides is 1. The summed E-state index contributed by atoms with van der Waals surface area (Å²) in [6, 6.07) is 6.24. The lowest BCUT2D eigenvalue weighted by Crippen LogP contribution is -2.19. The van der Waals surface area contributed by atoms with Crippen molar-refractivity contribution in [1.29, 1.82) is 0 Å². The van der Waals surface area contributed by atoms with Crippen molar-refractivity contribution in [2.24, 2.45) is 5.92 Å². The molecule has 0 aliphatic carbocycles. The third-order valence-electron chi connectivity index (χ3n) is 3.57. The maximum Gasteiger partial charge on any atom is 0.161 e. The van der Waals surface area contributed by atoms with Crippen molar-refractivity contribution in [2.75, 3.05) is 26.4 Å². The van der Waals surface area contributed by atoms with Crippen LogP contribution in [0.2, 0.25) is 0 Å². The van der Waals surface area contributed by atoms with Gasteiger partial charge in [-0.3, -0.25) is 0 Å². The Morgan fingerprint density at radius 2 is 1.80 bits per heavy atom. The number of hydrogen-bond acceptors (Lipinski definition) is 3. The summed E-state index contributed by atoms with van der Waals surface area (Å²) in [5, 5.41) is 0. The Balaban J connectivity index is 2.16. The van der Waals surface area contributed by atoms with Crippen molar-refractivity contribution < 1.29 is 14.2 Å². The zero-order valence-electron chi connectivity index (χ0n) is 12.2. The van der Waals surface area contributed by atoms with Crippen LogP contribution in [0.1, 0.15) is 37.1 Å². The molecular weight excluding hydrogens is 320 g/mol. The first kappa shape index (κ1) is 15.6. The van der Waals surface area contributed by atoms with Crippen molar-refractivity contribution in [3.05, 3.63) is 23.8 Å². The number of benzene rings is 1. The molecule has 2 rings (SSSR count). The fourth-order valence-corrected chi connectivity index (χ4v) is 3.33. The van der Waals surface area contributed by atoms with Crippen molar-refractivity contribution >= 4 is 15.9 Å². The minimum atomic E-state index is 0.348. The van der Waals surface area contributed by atoms with Gasteiger partial charge in [-0.2, -0.15) is 0 Å². The summed E-state index contributed by atoms with van der Waals surface area (Å²) in [6.07, 6.45) is 2.21. The van der Waals surface area contributed by atoms with Crippen LogP contribution in [0.25, 0.3) is 0 Å². The van der Waals surface area contributed by atoms with E-state index in [1.54, 1.807) is 0 Å². The van der Waals surface area contributed by atoms with Crippen molar-refractivity contribution in [3.63, 3.8) is 0 Å². The van der Waals surface area contributed by atoms with Crippen LogP contribution in [0.5, 0.6) is 11.5 Å². The Bertz CT molecular complexity index is 416. The van der Waals surface area contributed by atoms with Gasteiger partial charge in [0.05, 0.1) is 13.2 Å². The predicted molar refractivity (Wildman–Crippen MR) is 84.0 cm³/mol. The molecule has 1 atom stereocenters. The minimum absolute atomic E-state index is 0.348. The summed E-state index contributed by atoms with van der Waals surface area (Å²) in [5.41, 5.74) is 1.25. The SMILES string of the molecule is CCOc1ccc(C(Br)C2CCOCC2)cc1OCC. The highest BCUT2D eigenvalue weighted by atomic mass is 79.9. The molecule has 20 heavy (non-hydrogen) atoms. The molecular formula is C16H23BrO3. The van der Waals surface area contributed by atoms with Gasteiger partial charge in [0.1, 0.15) is 0 Å². The topological polar surface area (TPSA) is 27.7 Å². The fraction of sp³-hybridized carbons (Fsp3) is 0.625. The second kappa shape index (κ2) is 7.89. The van der Waals surface area contributed by atoms with E-state index < -0.39 is 0 Å². The van der Waals surface area contributed by atoms with Crippen LogP contribution in [0, 0.1) is 5.92 Å². The summed E-state index contributed by atoms with van der Waals surface area (Å²) in [5.74, 6) is 2.28. The first-order valence-corrected chi connectivity index (χ1v) is 8.29. The first-order chi connectivity index (χ1) is 9.76. The molecule has 0 bridgehead atoms. The third kappa shape index (κ3) is 3.89. The molecule has 1 unspecified atom stereocenters. The van der Waals surface area contributed by atoms with Gasteiger partial charge in [0.2, 0.25) is 0 Å². The number of ether oxygens (including phenoxy) is 3. The van der Waals surface area contributed by atoms with Gasteiger partial charge in [-0.1, -0.05) is 22.0 Å². The lowest BCUT2D eigenvalue weighted by atomic mass is 9.92. The van der Waals surface area contributed by atoms with Crippen LogP contribution in [0.3, 0.4) is 0 Å². The fourth-order valence-electron chi connectivity index (χ4n) is 2.52. The van der Waals surface area contributed by atoms with Gasteiger partial charge in [0.15, 0.2) is 11.5 Å². The van der Waals surface area contributed by atoms with Crippen LogP contribution < -0.4 is 9.47 Å². The average Bonchev–Trinajstić information content (AvgIpc) is 2.50. The highest BCUT2D eigenvalue weighted by molar-refractivity contribution is 9.09. The quantitative estimate of drug-likeness (QED) is 0.719. The van der Waals surface area contributed by atoms with Gasteiger partial charge in [-0.15, -0.1) is 0 Å². The van der Waals surface area contributed by atoms with Crippen LogP contribution in [0.4, 0.5) is 0 Å². The molecule has 0 spiro atoms. The number of halogens is 1. The molecule has 1 saturated heterocycles. The van der Waals surface area contributed by atoms with Gasteiger partial charge >= 0.3 is 0 Å². The van der Waals surface area contributed by atoms with Crippen LogP contribution in [0.15, 0.2) is 18.2 Å². The predicted octanol–water partition coefficient (Wildman–Crippen LogP) is 4.35. The molecule has 1 heterocycles. The minimum Gasteiger partial charge on any atom is -0.490 e. The molecule has 1 aliphatic heterocycles. The van der Waals surface area contributed by atoms with E-state index >= 15 is 0 Å². The standard InChI is InChI=1S/C16H23BrO3/c1-3-19-14-6-5-13(11-15(14)20-4-2)16(17)12-7-9-18-10-8-12/h5-6,11-12,16H,3-4,7-10H2,1-2H3. The summed E-state index contributed by atoms with van der Waals surface area (Å²) in [7, 11) is 0. The number of rotatable bonds is 6. The van der Waals surface area contributed by atoms with Gasteiger partial charge in [0.25, 0.3) is 0 Å². The molecule has 0 aromatic heterocycles. The van der Waals surface area contributed by atoms with Crippen molar-refractivity contribution in [1.82, 2.24) is 0 Å². The van der Waals surface area contributed by atoms with E-state index in [0.717, 1.165) is 37.6 Å². The Kier molecular flexibility index (Phi) is 6.17. The summed E-state index contributed by atoms with van der Waals surface area (Å²) >= 11 is 3.84. The van der Waals surface area contributed by atoms with Gasteiger partial charge in [-0.25, -0.2) is 0 Å². The average molecular weight is 343 g/mol. The lowest BCUT2D eigenvalue weighted by Gasteiger charge is -2.27. The van der Waals surface area contributed by atoms with E-state index in [1.165, 1.54) is 5.56 Å². The van der Waals surface area contributed by atoms with Gasteiger partial charge in [-0.05, 0) is 50.3 Å². The Hall–Kier alpha value is -0.740. The summed E-state index contributed by atoms with van der Waals surface area (Å²) in [6.45, 7) is 7.00. The highest BCUT2D eigenvalue weighted by Gasteiger charge is 2.24. The lowest BCUT2D eigenvalue weighted by molar-refractivity contribution is 0.0662. The Morgan fingerprint density at radius 1 is 1.15 bits per heavy atom. The summed E-state index contributed by atoms with van der Waals surface area (Å²) < 4.78 is 16.7. The van der Waals surface area contributed by atoms with E-state index in [9.17, 15) is 0 Å². The molecule has 4 heteroatoms. The second-order valence-electron chi connectivity index (χ2n) is 4.92. The molecule has 1 aromatic rings. The first-order valence-electron chi connectivity index (χ1n) is 7.37. The largest absolute Gasteiger partial charge is 0.490 e. The van der Waals surface area contributed by atoms with Crippen LogP contribution >= 0.6 is 15.9 Å².